The number of anilines is 1. The first kappa shape index (κ1) is 13.3. The van der Waals surface area contributed by atoms with E-state index in [-0.39, 0.29) is 23.0 Å². The normalized spacial score (nSPS) is 10.8. The maximum Gasteiger partial charge on any atom is 0.177 e. The molecule has 0 radical (unpaired) electrons. The van der Waals surface area contributed by atoms with Gasteiger partial charge in [-0.3, -0.25) is 0 Å². The van der Waals surface area contributed by atoms with Crippen LogP contribution in [0.1, 0.15) is 5.56 Å². The van der Waals surface area contributed by atoms with Gasteiger partial charge in [-0.1, -0.05) is 35.5 Å². The Morgan fingerprint density at radius 1 is 1.05 bits per heavy atom. The molecule has 3 rings (SSSR count). The van der Waals surface area contributed by atoms with E-state index in [4.69, 9.17) is 10.3 Å². The van der Waals surface area contributed by atoms with E-state index in [9.17, 15) is 8.78 Å². The highest BCUT2D eigenvalue weighted by Crippen LogP contribution is 2.38. The van der Waals surface area contributed by atoms with Gasteiger partial charge in [-0.05, 0) is 24.6 Å². The summed E-state index contributed by atoms with van der Waals surface area (Å²) in [6.45, 7) is 1.66. The van der Waals surface area contributed by atoms with E-state index in [1.807, 2.05) is 0 Å². The van der Waals surface area contributed by atoms with Crippen molar-refractivity contribution in [2.45, 2.75) is 6.92 Å². The Kier molecular flexibility index (Phi) is 3.17. The molecule has 0 unspecified atom stereocenters. The zero-order valence-corrected chi connectivity index (χ0v) is 11.2. The summed E-state index contributed by atoms with van der Waals surface area (Å²) in [5.74, 6) is -0.504. The Morgan fingerprint density at radius 3 is 2.52 bits per heavy atom. The second kappa shape index (κ2) is 5.01. The number of nitrogens with two attached hydrogens (primary N) is 1. The van der Waals surface area contributed by atoms with E-state index < -0.39 is 5.82 Å². The lowest BCUT2D eigenvalue weighted by atomic mass is 10.0. The molecule has 0 aliphatic heterocycles. The number of benzene rings is 2. The largest absolute Gasteiger partial charge is 0.380 e. The van der Waals surface area contributed by atoms with Crippen molar-refractivity contribution in [3.8, 4) is 22.5 Å². The van der Waals surface area contributed by atoms with Crippen LogP contribution in [0.25, 0.3) is 22.5 Å². The first-order valence-corrected chi connectivity index (χ1v) is 6.34. The topological polar surface area (TPSA) is 52.0 Å². The summed E-state index contributed by atoms with van der Waals surface area (Å²) in [7, 11) is 0. The molecule has 2 aromatic carbocycles. The van der Waals surface area contributed by atoms with Crippen molar-refractivity contribution < 1.29 is 13.3 Å². The summed E-state index contributed by atoms with van der Waals surface area (Å²) in [5, 5.41) is 3.68. The van der Waals surface area contributed by atoms with Crippen molar-refractivity contribution in [3.63, 3.8) is 0 Å². The van der Waals surface area contributed by atoms with E-state index in [1.54, 1.807) is 37.3 Å². The highest BCUT2D eigenvalue weighted by atomic mass is 19.1. The molecule has 0 aliphatic rings. The third-order valence-electron chi connectivity index (χ3n) is 3.30. The number of nitrogen functional groups attached to an aromatic ring is 1. The fourth-order valence-corrected chi connectivity index (χ4v) is 2.16. The number of hydrogen-bond donors (Lipinski definition) is 1. The molecule has 1 heterocycles. The van der Waals surface area contributed by atoms with Gasteiger partial charge in [0, 0.05) is 11.1 Å². The van der Waals surface area contributed by atoms with Gasteiger partial charge >= 0.3 is 0 Å². The van der Waals surface area contributed by atoms with Crippen LogP contribution in [0.15, 0.2) is 47.0 Å². The van der Waals surface area contributed by atoms with Gasteiger partial charge in [-0.2, -0.15) is 0 Å². The molecule has 21 heavy (non-hydrogen) atoms. The quantitative estimate of drug-likeness (QED) is 0.769. The molecule has 0 atom stereocenters. The van der Waals surface area contributed by atoms with Gasteiger partial charge in [-0.25, -0.2) is 8.78 Å². The van der Waals surface area contributed by atoms with E-state index in [0.29, 0.717) is 16.7 Å². The van der Waals surface area contributed by atoms with Crippen LogP contribution in [-0.2, 0) is 0 Å². The van der Waals surface area contributed by atoms with E-state index in [1.165, 1.54) is 12.1 Å². The number of rotatable bonds is 2. The molecule has 5 heteroatoms. The van der Waals surface area contributed by atoms with Gasteiger partial charge in [0.05, 0.1) is 5.56 Å². The smallest absolute Gasteiger partial charge is 0.177 e. The summed E-state index contributed by atoms with van der Waals surface area (Å²) < 4.78 is 32.9. The molecule has 3 nitrogen and oxygen atoms in total. The van der Waals surface area contributed by atoms with Crippen LogP contribution in [0.4, 0.5) is 14.6 Å². The average Bonchev–Trinajstić information content (AvgIpc) is 2.84. The van der Waals surface area contributed by atoms with Crippen molar-refractivity contribution in [1.82, 2.24) is 5.16 Å². The van der Waals surface area contributed by atoms with Gasteiger partial charge < -0.3 is 10.3 Å². The molecular weight excluding hydrogens is 274 g/mol. The molecule has 0 saturated heterocycles. The molecule has 3 aromatic rings. The molecule has 106 valence electrons. The summed E-state index contributed by atoms with van der Waals surface area (Å²) >= 11 is 0. The van der Waals surface area contributed by atoms with Crippen molar-refractivity contribution in [2.75, 3.05) is 5.73 Å². The fraction of sp³-hybridized carbons (Fsp3) is 0.0625. The first-order chi connectivity index (χ1) is 10.1. The zero-order valence-electron chi connectivity index (χ0n) is 11.2. The van der Waals surface area contributed by atoms with Crippen molar-refractivity contribution in [3.05, 3.63) is 59.7 Å². The highest BCUT2D eigenvalue weighted by Gasteiger charge is 2.20. The second-order valence-electron chi connectivity index (χ2n) is 4.72. The fourth-order valence-electron chi connectivity index (χ4n) is 2.16. The highest BCUT2D eigenvalue weighted by molar-refractivity contribution is 5.86. The summed E-state index contributed by atoms with van der Waals surface area (Å²) in [5.41, 5.74) is 7.35. The molecule has 0 bridgehead atoms. The minimum Gasteiger partial charge on any atom is -0.380 e. The minimum absolute atomic E-state index is 0.0658. The lowest BCUT2D eigenvalue weighted by Crippen LogP contribution is -1.92. The number of aromatic nitrogens is 1. The molecular formula is C16H12F2N2O. The lowest BCUT2D eigenvalue weighted by Gasteiger charge is -2.05. The average molecular weight is 286 g/mol. The molecule has 0 spiro atoms. The monoisotopic (exact) mass is 286 g/mol. The summed E-state index contributed by atoms with van der Waals surface area (Å²) in [6.07, 6.45) is 0. The van der Waals surface area contributed by atoms with Gasteiger partial charge in [0.15, 0.2) is 11.6 Å². The Bertz CT molecular complexity index is 812. The van der Waals surface area contributed by atoms with Gasteiger partial charge in [0.1, 0.15) is 11.6 Å². The maximum absolute atomic E-state index is 14.0. The van der Waals surface area contributed by atoms with Crippen LogP contribution in [0.2, 0.25) is 0 Å². The molecule has 0 amide bonds. The molecule has 2 N–H and O–H groups in total. The third kappa shape index (κ3) is 2.27. The SMILES string of the molecule is Cc1ccc(-c2onc(N)c2-c2ccccc2F)cc1F. The molecule has 0 aliphatic carbocycles. The minimum atomic E-state index is -0.443. The van der Waals surface area contributed by atoms with Crippen LogP contribution < -0.4 is 5.73 Å². The zero-order chi connectivity index (χ0) is 15.0. The number of aryl methyl sites for hydroxylation is 1. The van der Waals surface area contributed by atoms with E-state index in [2.05, 4.69) is 5.16 Å². The number of nitrogens with zero attached hydrogens (tertiary/aromatic N) is 1. The lowest BCUT2D eigenvalue weighted by molar-refractivity contribution is 0.435. The summed E-state index contributed by atoms with van der Waals surface area (Å²) in [6, 6.07) is 10.8. The van der Waals surface area contributed by atoms with Crippen molar-refractivity contribution in [1.29, 1.82) is 0 Å². The second-order valence-corrected chi connectivity index (χ2v) is 4.72. The first-order valence-electron chi connectivity index (χ1n) is 6.34. The molecule has 1 aromatic heterocycles. The third-order valence-corrected chi connectivity index (χ3v) is 3.30. The summed E-state index contributed by atoms with van der Waals surface area (Å²) in [4.78, 5) is 0. The molecule has 0 saturated carbocycles. The van der Waals surface area contributed by atoms with Crippen molar-refractivity contribution in [2.24, 2.45) is 0 Å². The Hall–Kier alpha value is -2.69. The maximum atomic E-state index is 14.0. The standard InChI is InChI=1S/C16H12F2N2O/c1-9-6-7-10(8-13(9)18)15-14(16(19)20-21-15)11-4-2-3-5-12(11)17/h2-8H,1H3,(H2,19,20). The van der Waals surface area contributed by atoms with Gasteiger partial charge in [0.25, 0.3) is 0 Å². The van der Waals surface area contributed by atoms with Crippen LogP contribution in [0, 0.1) is 18.6 Å². The van der Waals surface area contributed by atoms with Gasteiger partial charge in [0.2, 0.25) is 0 Å². The van der Waals surface area contributed by atoms with Crippen LogP contribution in [0.3, 0.4) is 0 Å². The predicted octanol–water partition coefficient (Wildman–Crippen LogP) is 4.18. The Morgan fingerprint density at radius 2 is 1.81 bits per heavy atom. The predicted molar refractivity (Wildman–Crippen MR) is 76.4 cm³/mol. The number of hydrogen-bond acceptors (Lipinski definition) is 3. The molecule has 0 fully saturated rings. The number of halogens is 2. The Labute approximate surface area is 120 Å². The van der Waals surface area contributed by atoms with Gasteiger partial charge in [-0.15, -0.1) is 0 Å². The van der Waals surface area contributed by atoms with Crippen LogP contribution in [0.5, 0.6) is 0 Å². The van der Waals surface area contributed by atoms with Crippen molar-refractivity contribution >= 4 is 5.82 Å². The Balaban J connectivity index is 2.22. The van der Waals surface area contributed by atoms with E-state index in [0.717, 1.165) is 0 Å². The van der Waals surface area contributed by atoms with Crippen LogP contribution in [-0.4, -0.2) is 5.16 Å². The van der Waals surface area contributed by atoms with Crippen LogP contribution >= 0.6 is 0 Å². The van der Waals surface area contributed by atoms with E-state index >= 15 is 0 Å².